The lowest BCUT2D eigenvalue weighted by Crippen LogP contribution is -2.29. The number of anilines is 1. The molecule has 8 heteroatoms. The number of nitrogens with one attached hydrogen (secondary N) is 2. The maximum absolute atomic E-state index is 11.4. The van der Waals surface area contributed by atoms with Crippen molar-refractivity contribution < 1.29 is 13.3 Å². The summed E-state index contributed by atoms with van der Waals surface area (Å²) in [5.41, 5.74) is 0.838. The highest BCUT2D eigenvalue weighted by molar-refractivity contribution is 7.89. The van der Waals surface area contributed by atoms with Crippen LogP contribution in [0.2, 0.25) is 0 Å². The number of benzene rings is 1. The molecule has 0 aliphatic rings. The summed E-state index contributed by atoms with van der Waals surface area (Å²) in [6.45, 7) is 3.77. The predicted molar refractivity (Wildman–Crippen MR) is 73.8 cm³/mol. The molecule has 0 saturated heterocycles. The van der Waals surface area contributed by atoms with Gasteiger partial charge in [0.1, 0.15) is 5.69 Å². The number of aryl methyl sites for hydroxylation is 1. The van der Waals surface area contributed by atoms with Crippen LogP contribution in [0.4, 0.5) is 11.4 Å². The summed E-state index contributed by atoms with van der Waals surface area (Å²) in [7, 11) is -3.33. The van der Waals surface area contributed by atoms with Crippen LogP contribution in [0.25, 0.3) is 0 Å². The minimum Gasteiger partial charge on any atom is -0.378 e. The highest BCUT2D eigenvalue weighted by Crippen LogP contribution is 2.27. The molecule has 0 fully saturated rings. The molecule has 0 radical (unpaired) electrons. The third kappa shape index (κ3) is 4.49. The Hall–Kier alpha value is -1.67. The molecule has 0 saturated carbocycles. The summed E-state index contributed by atoms with van der Waals surface area (Å²) in [6, 6.07) is 4.88. The molecular formula is C11H17N3O4S. The zero-order valence-corrected chi connectivity index (χ0v) is 11.7. The van der Waals surface area contributed by atoms with Gasteiger partial charge >= 0.3 is 0 Å². The highest BCUT2D eigenvalue weighted by atomic mass is 32.2. The Morgan fingerprint density at radius 2 is 2.05 bits per heavy atom. The van der Waals surface area contributed by atoms with E-state index in [9.17, 15) is 18.5 Å². The minimum absolute atomic E-state index is 0.0247. The smallest absolute Gasteiger partial charge is 0.295 e. The van der Waals surface area contributed by atoms with Crippen LogP contribution in [-0.2, 0) is 10.0 Å². The van der Waals surface area contributed by atoms with Crippen LogP contribution in [0, 0.1) is 17.0 Å². The summed E-state index contributed by atoms with van der Waals surface area (Å²) in [5.74, 6) is -0.133. The zero-order valence-electron chi connectivity index (χ0n) is 10.8. The molecule has 0 aromatic heterocycles. The monoisotopic (exact) mass is 287 g/mol. The number of nitro groups is 1. The van der Waals surface area contributed by atoms with Crippen molar-refractivity contribution in [2.75, 3.05) is 24.2 Å². The largest absolute Gasteiger partial charge is 0.378 e. The van der Waals surface area contributed by atoms with Crippen molar-refractivity contribution in [2.24, 2.45) is 0 Å². The first-order valence-corrected chi connectivity index (χ1v) is 7.48. The van der Waals surface area contributed by atoms with Crippen molar-refractivity contribution in [1.82, 2.24) is 4.72 Å². The van der Waals surface area contributed by atoms with Gasteiger partial charge in [-0.3, -0.25) is 10.1 Å². The van der Waals surface area contributed by atoms with E-state index in [0.29, 0.717) is 17.8 Å². The van der Waals surface area contributed by atoms with Crippen molar-refractivity contribution in [3.8, 4) is 0 Å². The Labute approximate surface area is 112 Å². The quantitative estimate of drug-likeness (QED) is 0.580. The van der Waals surface area contributed by atoms with Gasteiger partial charge in [-0.25, -0.2) is 13.1 Å². The van der Waals surface area contributed by atoms with Crippen LogP contribution >= 0.6 is 0 Å². The molecule has 0 amide bonds. The Balaban J connectivity index is 2.74. The minimum atomic E-state index is -3.33. The van der Waals surface area contributed by atoms with E-state index in [1.165, 1.54) is 0 Å². The maximum Gasteiger partial charge on any atom is 0.295 e. The first kappa shape index (κ1) is 15.4. The fourth-order valence-electron chi connectivity index (χ4n) is 1.66. The number of rotatable bonds is 7. The van der Waals surface area contributed by atoms with Gasteiger partial charge in [0.25, 0.3) is 5.69 Å². The van der Waals surface area contributed by atoms with Crippen LogP contribution < -0.4 is 10.0 Å². The molecule has 1 aromatic carbocycles. The SMILES string of the molecule is CCNS(=O)(=O)CCNc1cccc(C)c1[N+](=O)[O-]. The Morgan fingerprint density at radius 1 is 1.37 bits per heavy atom. The molecule has 0 spiro atoms. The average molecular weight is 287 g/mol. The summed E-state index contributed by atoms with van der Waals surface area (Å²) >= 11 is 0. The number of para-hydroxylation sites is 1. The molecule has 106 valence electrons. The second kappa shape index (κ2) is 6.48. The van der Waals surface area contributed by atoms with Crippen LogP contribution in [0.5, 0.6) is 0 Å². The standard InChI is InChI=1S/C11H17N3O4S/c1-3-13-19(17,18)8-7-12-10-6-4-5-9(2)11(10)14(15)16/h4-6,12-13H,3,7-8H2,1-2H3. The molecule has 19 heavy (non-hydrogen) atoms. The molecule has 0 atom stereocenters. The van der Waals surface area contributed by atoms with Gasteiger partial charge in [-0.1, -0.05) is 19.1 Å². The van der Waals surface area contributed by atoms with E-state index in [1.54, 1.807) is 32.0 Å². The summed E-state index contributed by atoms with van der Waals surface area (Å²) < 4.78 is 25.2. The van der Waals surface area contributed by atoms with E-state index in [0.717, 1.165) is 0 Å². The molecule has 0 aliphatic heterocycles. The first-order valence-electron chi connectivity index (χ1n) is 5.82. The molecule has 2 N–H and O–H groups in total. The van der Waals surface area contributed by atoms with Crippen molar-refractivity contribution in [1.29, 1.82) is 0 Å². The Kier molecular flexibility index (Phi) is 5.25. The first-order chi connectivity index (χ1) is 8.87. The van der Waals surface area contributed by atoms with Crippen molar-refractivity contribution in [2.45, 2.75) is 13.8 Å². The topological polar surface area (TPSA) is 101 Å². The number of sulfonamides is 1. The van der Waals surface area contributed by atoms with Gasteiger partial charge in [-0.05, 0) is 13.0 Å². The van der Waals surface area contributed by atoms with Gasteiger partial charge < -0.3 is 5.32 Å². The van der Waals surface area contributed by atoms with Crippen LogP contribution in [0.1, 0.15) is 12.5 Å². The molecule has 0 unspecified atom stereocenters. The lowest BCUT2D eigenvalue weighted by atomic mass is 10.1. The number of nitro benzene ring substituents is 1. The van der Waals surface area contributed by atoms with Crippen LogP contribution in [0.3, 0.4) is 0 Å². The van der Waals surface area contributed by atoms with E-state index in [2.05, 4.69) is 10.0 Å². The van der Waals surface area contributed by atoms with Crippen LogP contribution in [-0.4, -0.2) is 32.2 Å². The molecule has 7 nitrogen and oxygen atoms in total. The molecule has 0 aliphatic carbocycles. The number of hydrogen-bond acceptors (Lipinski definition) is 5. The number of hydrogen-bond donors (Lipinski definition) is 2. The van der Waals surface area contributed by atoms with E-state index < -0.39 is 14.9 Å². The van der Waals surface area contributed by atoms with Crippen LogP contribution in [0.15, 0.2) is 18.2 Å². The third-order valence-corrected chi connectivity index (χ3v) is 3.94. The van der Waals surface area contributed by atoms with Gasteiger partial charge in [0.05, 0.1) is 10.7 Å². The van der Waals surface area contributed by atoms with Crippen molar-refractivity contribution >= 4 is 21.4 Å². The second-order valence-electron chi connectivity index (χ2n) is 3.97. The van der Waals surface area contributed by atoms with Crippen molar-refractivity contribution in [3.05, 3.63) is 33.9 Å². The van der Waals surface area contributed by atoms with E-state index in [4.69, 9.17) is 0 Å². The second-order valence-corrected chi connectivity index (χ2v) is 5.90. The molecular weight excluding hydrogens is 270 g/mol. The zero-order chi connectivity index (χ0) is 14.5. The molecule has 0 bridgehead atoms. The van der Waals surface area contributed by atoms with E-state index in [-0.39, 0.29) is 18.0 Å². The lowest BCUT2D eigenvalue weighted by Gasteiger charge is -2.09. The van der Waals surface area contributed by atoms with Crippen molar-refractivity contribution in [3.63, 3.8) is 0 Å². The Morgan fingerprint density at radius 3 is 2.63 bits per heavy atom. The summed E-state index contributed by atoms with van der Waals surface area (Å²) in [6.07, 6.45) is 0. The Bertz CT molecular complexity index is 557. The fourth-order valence-corrected chi connectivity index (χ4v) is 2.61. The van der Waals surface area contributed by atoms with Gasteiger partial charge in [-0.15, -0.1) is 0 Å². The van der Waals surface area contributed by atoms with Gasteiger partial charge in [0, 0.05) is 18.7 Å². The molecule has 1 aromatic rings. The maximum atomic E-state index is 11.4. The fraction of sp³-hybridized carbons (Fsp3) is 0.455. The highest BCUT2D eigenvalue weighted by Gasteiger charge is 2.17. The number of nitrogens with zero attached hydrogens (tertiary/aromatic N) is 1. The normalized spacial score (nSPS) is 11.3. The van der Waals surface area contributed by atoms with E-state index >= 15 is 0 Å². The van der Waals surface area contributed by atoms with Gasteiger partial charge in [-0.2, -0.15) is 0 Å². The van der Waals surface area contributed by atoms with Gasteiger partial charge in [0.15, 0.2) is 0 Å². The summed E-state index contributed by atoms with van der Waals surface area (Å²) in [4.78, 5) is 10.5. The summed E-state index contributed by atoms with van der Waals surface area (Å²) in [5, 5.41) is 13.7. The predicted octanol–water partition coefficient (Wildman–Crippen LogP) is 1.25. The molecule has 1 rings (SSSR count). The lowest BCUT2D eigenvalue weighted by molar-refractivity contribution is -0.384. The van der Waals surface area contributed by atoms with Gasteiger partial charge in [0.2, 0.25) is 10.0 Å². The third-order valence-electron chi connectivity index (χ3n) is 2.47. The van der Waals surface area contributed by atoms with E-state index in [1.807, 2.05) is 0 Å². The molecule has 0 heterocycles. The average Bonchev–Trinajstić information content (AvgIpc) is 2.28.